The Morgan fingerprint density at radius 2 is 1.46 bits per heavy atom. The van der Waals surface area contributed by atoms with Gasteiger partial charge in [0.1, 0.15) is 0 Å². The van der Waals surface area contributed by atoms with Crippen LogP contribution in [0.4, 0.5) is 0 Å². The van der Waals surface area contributed by atoms with E-state index in [0.717, 1.165) is 13.2 Å². The Bertz CT molecular complexity index is 124. The summed E-state index contributed by atoms with van der Waals surface area (Å²) in [6.45, 7) is 2.02. The number of hydrogen-bond donors (Lipinski definition) is 0. The Hall–Kier alpha value is 0.710. The van der Waals surface area contributed by atoms with Crippen LogP contribution in [0.15, 0.2) is 0 Å². The van der Waals surface area contributed by atoms with Gasteiger partial charge in [-0.15, -0.1) is 0 Å². The van der Waals surface area contributed by atoms with Gasteiger partial charge in [0.05, 0.1) is 0 Å². The predicted octanol–water partition coefficient (Wildman–Crippen LogP) is 1.89. The van der Waals surface area contributed by atoms with E-state index in [1.807, 2.05) is 0 Å². The third-order valence-corrected chi connectivity index (χ3v) is 6.12. The van der Waals surface area contributed by atoms with E-state index in [4.69, 9.17) is 9.47 Å². The fraction of sp³-hybridized carbons (Fsp3) is 1.00. The second-order valence-electron chi connectivity index (χ2n) is 3.81. The van der Waals surface area contributed by atoms with Gasteiger partial charge < -0.3 is 0 Å². The van der Waals surface area contributed by atoms with Crippen LogP contribution in [0.3, 0.4) is 0 Å². The molecule has 3 heteroatoms. The molecular formula is C10H18O2Te. The zero-order chi connectivity index (χ0) is 8.93. The fourth-order valence-electron chi connectivity index (χ4n) is 1.88. The van der Waals surface area contributed by atoms with Crippen molar-refractivity contribution in [1.29, 1.82) is 0 Å². The molecule has 0 aliphatic carbocycles. The molecule has 0 spiro atoms. The first-order valence-electron chi connectivity index (χ1n) is 5.26. The van der Waals surface area contributed by atoms with Gasteiger partial charge in [-0.2, -0.15) is 0 Å². The molecule has 0 aromatic carbocycles. The molecule has 0 saturated carbocycles. The molecule has 2 rings (SSSR count). The third kappa shape index (κ3) is 3.40. The normalized spacial score (nSPS) is 34.2. The van der Waals surface area contributed by atoms with E-state index in [1.165, 1.54) is 34.6 Å². The Morgan fingerprint density at radius 3 is 1.85 bits per heavy atom. The summed E-state index contributed by atoms with van der Waals surface area (Å²) < 4.78 is 14.0. The van der Waals surface area contributed by atoms with Crippen molar-refractivity contribution in [3.63, 3.8) is 0 Å². The van der Waals surface area contributed by atoms with E-state index >= 15 is 0 Å². The van der Waals surface area contributed by atoms with Gasteiger partial charge in [0, 0.05) is 0 Å². The number of rotatable bonds is 4. The Balaban J connectivity index is 1.52. The molecule has 0 amide bonds. The van der Waals surface area contributed by atoms with E-state index < -0.39 is 0 Å². The fourth-order valence-corrected chi connectivity index (χ4v) is 5.27. The maximum absolute atomic E-state index is 5.61. The monoisotopic (exact) mass is 300 g/mol. The van der Waals surface area contributed by atoms with E-state index in [2.05, 4.69) is 0 Å². The van der Waals surface area contributed by atoms with Gasteiger partial charge in [0.25, 0.3) is 0 Å². The van der Waals surface area contributed by atoms with Gasteiger partial charge >= 0.3 is 90.4 Å². The van der Waals surface area contributed by atoms with Crippen LogP contribution in [0, 0.1) is 0 Å². The minimum atomic E-state index is 0.178. The zero-order valence-electron chi connectivity index (χ0n) is 8.04. The van der Waals surface area contributed by atoms with Crippen LogP contribution in [0.1, 0.15) is 25.7 Å². The molecule has 0 radical (unpaired) electrons. The third-order valence-electron chi connectivity index (χ3n) is 2.66. The molecular weight excluding hydrogens is 280 g/mol. The first-order chi connectivity index (χ1) is 6.45. The van der Waals surface area contributed by atoms with E-state index in [1.54, 1.807) is 0 Å². The molecule has 0 aromatic rings. The quantitative estimate of drug-likeness (QED) is 0.738. The summed E-state index contributed by atoms with van der Waals surface area (Å²) in [7, 11) is 0. The topological polar surface area (TPSA) is 18.5 Å². The van der Waals surface area contributed by atoms with Crippen molar-refractivity contribution in [2.45, 2.75) is 46.8 Å². The van der Waals surface area contributed by atoms with Crippen molar-refractivity contribution in [3.05, 3.63) is 0 Å². The van der Waals surface area contributed by atoms with Crippen LogP contribution in [0.5, 0.6) is 0 Å². The summed E-state index contributed by atoms with van der Waals surface area (Å²) in [5, 5.41) is 0. The van der Waals surface area contributed by atoms with Gasteiger partial charge in [-0.25, -0.2) is 0 Å². The van der Waals surface area contributed by atoms with Gasteiger partial charge in [0.15, 0.2) is 0 Å². The number of hydrogen-bond acceptors (Lipinski definition) is 2. The predicted molar refractivity (Wildman–Crippen MR) is 53.3 cm³/mol. The van der Waals surface area contributed by atoms with Crippen LogP contribution in [0.2, 0.25) is 8.94 Å². The van der Waals surface area contributed by atoms with Gasteiger partial charge in [-0.3, -0.25) is 0 Å². The summed E-state index contributed by atoms with van der Waals surface area (Å²) in [6, 6.07) is 0. The van der Waals surface area contributed by atoms with Crippen molar-refractivity contribution in [2.24, 2.45) is 0 Å². The molecule has 2 unspecified atom stereocenters. The molecule has 13 heavy (non-hydrogen) atoms. The Labute approximate surface area is 90.4 Å². The molecule has 2 aliphatic rings. The van der Waals surface area contributed by atoms with Crippen LogP contribution in [-0.2, 0) is 9.47 Å². The minimum absolute atomic E-state index is 0.178. The van der Waals surface area contributed by atoms with Crippen molar-refractivity contribution in [3.8, 4) is 0 Å². The first-order valence-corrected chi connectivity index (χ1v) is 8.55. The second-order valence-corrected chi connectivity index (χ2v) is 6.88. The molecule has 2 nitrogen and oxygen atoms in total. The molecule has 2 aliphatic heterocycles. The van der Waals surface area contributed by atoms with E-state index in [0.29, 0.717) is 12.2 Å². The molecule has 76 valence electrons. The molecule has 2 heterocycles. The van der Waals surface area contributed by atoms with Gasteiger partial charge in [-0.1, -0.05) is 0 Å². The second kappa shape index (κ2) is 5.56. The molecule has 2 saturated heterocycles. The maximum atomic E-state index is 5.61. The van der Waals surface area contributed by atoms with Crippen LogP contribution < -0.4 is 0 Å². The summed E-state index contributed by atoms with van der Waals surface area (Å²) >= 11 is 0.178. The van der Waals surface area contributed by atoms with E-state index in [-0.39, 0.29) is 20.9 Å². The summed E-state index contributed by atoms with van der Waals surface area (Å²) in [5.74, 6) is 0. The molecule has 0 aromatic heterocycles. The van der Waals surface area contributed by atoms with Crippen LogP contribution >= 0.6 is 0 Å². The van der Waals surface area contributed by atoms with Crippen LogP contribution in [0.25, 0.3) is 0 Å². The van der Waals surface area contributed by atoms with Crippen molar-refractivity contribution in [1.82, 2.24) is 0 Å². The van der Waals surface area contributed by atoms with Gasteiger partial charge in [0.2, 0.25) is 0 Å². The SMILES string of the molecule is C1COC(C[Te]CC2CCCO2)C1. The van der Waals surface area contributed by atoms with Crippen molar-refractivity contribution < 1.29 is 9.47 Å². The Morgan fingerprint density at radius 1 is 0.923 bits per heavy atom. The summed E-state index contributed by atoms with van der Waals surface area (Å²) in [5.41, 5.74) is 0. The number of ether oxygens (including phenoxy) is 2. The molecule has 2 fully saturated rings. The van der Waals surface area contributed by atoms with E-state index in [9.17, 15) is 0 Å². The zero-order valence-corrected chi connectivity index (χ0v) is 10.4. The summed E-state index contributed by atoms with van der Waals surface area (Å²) in [4.78, 5) is 0. The average Bonchev–Trinajstić information content (AvgIpc) is 2.75. The molecule has 2 atom stereocenters. The van der Waals surface area contributed by atoms with Crippen molar-refractivity contribution >= 4 is 20.9 Å². The first kappa shape index (κ1) is 10.2. The molecule has 0 N–H and O–H groups in total. The van der Waals surface area contributed by atoms with Gasteiger partial charge in [-0.05, 0) is 0 Å². The molecule has 0 bridgehead atoms. The van der Waals surface area contributed by atoms with Crippen LogP contribution in [-0.4, -0.2) is 46.3 Å². The van der Waals surface area contributed by atoms with Crippen molar-refractivity contribution in [2.75, 3.05) is 13.2 Å². The summed E-state index contributed by atoms with van der Waals surface area (Å²) in [6.07, 6.45) is 6.47. The average molecular weight is 298 g/mol. The standard InChI is InChI=1S/C10H18O2Te/c1-3-9(11-5-1)7-13-8-10-4-2-6-12-10/h9-10H,1-8H2. The Kier molecular flexibility index (Phi) is 4.37.